The van der Waals surface area contributed by atoms with Crippen LogP contribution in [0.15, 0.2) is 77.8 Å². The number of carbonyl (C=O) groups is 1. The summed E-state index contributed by atoms with van der Waals surface area (Å²) >= 11 is 0. The van der Waals surface area contributed by atoms with E-state index >= 15 is 0 Å². The van der Waals surface area contributed by atoms with E-state index in [-0.39, 0.29) is 18.3 Å². The van der Waals surface area contributed by atoms with Crippen molar-refractivity contribution in [1.29, 1.82) is 0 Å². The summed E-state index contributed by atoms with van der Waals surface area (Å²) in [4.78, 5) is 19.3. The van der Waals surface area contributed by atoms with Crippen molar-refractivity contribution >= 4 is 11.9 Å². The first-order valence-corrected chi connectivity index (χ1v) is 10.4. The van der Waals surface area contributed by atoms with Crippen LogP contribution in [0.3, 0.4) is 0 Å². The maximum atomic E-state index is 13.4. The van der Waals surface area contributed by atoms with Crippen LogP contribution in [0.4, 0.5) is 13.2 Å². The Hall–Kier alpha value is -3.81. The second kappa shape index (κ2) is 7.37. The number of likely N-dealkylation sites (N-methyl/N-ethyl adjacent to an activating group) is 1. The molecule has 2 unspecified atom stereocenters. The molecule has 2 atom stereocenters. The van der Waals surface area contributed by atoms with Gasteiger partial charge < -0.3 is 10.5 Å². The number of nitrogens with zero attached hydrogens (tertiary/aromatic N) is 2. The van der Waals surface area contributed by atoms with E-state index in [9.17, 15) is 18.0 Å². The van der Waals surface area contributed by atoms with Crippen molar-refractivity contribution in [3.63, 3.8) is 0 Å². The number of hydrogen-bond donors (Lipinski definition) is 1. The zero-order chi connectivity index (χ0) is 23.4. The van der Waals surface area contributed by atoms with Gasteiger partial charge in [-0.2, -0.15) is 13.2 Å². The van der Waals surface area contributed by atoms with E-state index in [1.165, 1.54) is 17.0 Å². The molecule has 8 heteroatoms. The Bertz CT molecular complexity index is 1260. The lowest BCUT2D eigenvalue weighted by molar-refractivity contribution is -0.137. The molecule has 0 bridgehead atoms. The quantitative estimate of drug-likeness (QED) is 0.604. The Morgan fingerprint density at radius 3 is 2.30 bits per heavy atom. The Balaban J connectivity index is 1.62. The van der Waals surface area contributed by atoms with E-state index in [4.69, 9.17) is 10.5 Å². The Kier molecular flexibility index (Phi) is 4.70. The minimum Gasteiger partial charge on any atom is -0.485 e. The lowest BCUT2D eigenvalue weighted by Gasteiger charge is -2.37. The molecule has 5 rings (SSSR count). The molecular formula is C25H20F3N3O2. The lowest BCUT2D eigenvalue weighted by atomic mass is 9.79. The summed E-state index contributed by atoms with van der Waals surface area (Å²) in [5, 5.41) is 0. The maximum Gasteiger partial charge on any atom is 0.416 e. The van der Waals surface area contributed by atoms with Gasteiger partial charge in [0, 0.05) is 19.0 Å². The van der Waals surface area contributed by atoms with Gasteiger partial charge in [0.25, 0.3) is 5.91 Å². The summed E-state index contributed by atoms with van der Waals surface area (Å²) in [5.74, 6) is 0.334. The molecule has 0 aliphatic carbocycles. The molecule has 3 aromatic rings. The minimum atomic E-state index is -4.41. The number of hydrogen-bond acceptors (Lipinski definition) is 4. The van der Waals surface area contributed by atoms with Gasteiger partial charge in [-0.05, 0) is 41.0 Å². The van der Waals surface area contributed by atoms with E-state index in [2.05, 4.69) is 4.99 Å². The monoisotopic (exact) mass is 451 g/mol. The summed E-state index contributed by atoms with van der Waals surface area (Å²) in [6.07, 6.45) is -4.57. The van der Waals surface area contributed by atoms with Crippen molar-refractivity contribution in [2.24, 2.45) is 10.7 Å². The number of alkyl halides is 3. The van der Waals surface area contributed by atoms with E-state index in [0.29, 0.717) is 22.4 Å². The second-order valence-electron chi connectivity index (χ2n) is 8.20. The molecule has 5 nitrogen and oxygen atoms in total. The average Bonchev–Trinajstić information content (AvgIpc) is 3.02. The van der Waals surface area contributed by atoms with Crippen LogP contribution in [0.25, 0.3) is 11.1 Å². The number of carbonyl (C=O) groups excluding carboxylic acids is 1. The van der Waals surface area contributed by atoms with Crippen molar-refractivity contribution in [1.82, 2.24) is 4.90 Å². The third-order valence-electron chi connectivity index (χ3n) is 6.20. The Morgan fingerprint density at radius 2 is 1.70 bits per heavy atom. The second-order valence-corrected chi connectivity index (χ2v) is 8.20. The minimum absolute atomic E-state index is 0.111. The van der Waals surface area contributed by atoms with Gasteiger partial charge in [0.2, 0.25) is 0 Å². The van der Waals surface area contributed by atoms with Crippen LogP contribution in [0.2, 0.25) is 0 Å². The lowest BCUT2D eigenvalue weighted by Crippen LogP contribution is -2.43. The number of guanidine groups is 1. The fourth-order valence-corrected chi connectivity index (χ4v) is 4.42. The van der Waals surface area contributed by atoms with Gasteiger partial charge >= 0.3 is 6.18 Å². The van der Waals surface area contributed by atoms with Crippen LogP contribution in [-0.2, 0) is 16.5 Å². The first-order valence-electron chi connectivity index (χ1n) is 10.4. The average molecular weight is 451 g/mol. The van der Waals surface area contributed by atoms with Crippen LogP contribution in [0.5, 0.6) is 5.75 Å². The summed E-state index contributed by atoms with van der Waals surface area (Å²) < 4.78 is 45.1. The zero-order valence-corrected chi connectivity index (χ0v) is 17.6. The first-order chi connectivity index (χ1) is 15.7. The molecule has 0 saturated carbocycles. The SMILES string of the molecule is CN1C(=O)C2(CC(c3ccccc3)Oc3ccc(-c4ccc(C(F)(F)F)cc4)cc32)N=C1N. The number of ether oxygens (including phenoxy) is 1. The van der Waals surface area contributed by atoms with Crippen molar-refractivity contribution < 1.29 is 22.7 Å². The summed E-state index contributed by atoms with van der Waals surface area (Å²) in [6.45, 7) is 0. The molecule has 3 aromatic carbocycles. The molecular weight excluding hydrogens is 431 g/mol. The molecule has 0 aromatic heterocycles. The highest BCUT2D eigenvalue weighted by Crippen LogP contribution is 2.50. The van der Waals surface area contributed by atoms with Gasteiger partial charge in [-0.1, -0.05) is 48.5 Å². The molecule has 2 aliphatic heterocycles. The topological polar surface area (TPSA) is 67.9 Å². The predicted molar refractivity (Wildman–Crippen MR) is 117 cm³/mol. The molecule has 1 amide bonds. The Morgan fingerprint density at radius 1 is 1.03 bits per heavy atom. The fraction of sp³-hybridized carbons (Fsp3) is 0.200. The summed E-state index contributed by atoms with van der Waals surface area (Å²) in [7, 11) is 1.57. The number of nitrogens with two attached hydrogens (primary N) is 1. The van der Waals surface area contributed by atoms with Crippen LogP contribution < -0.4 is 10.5 Å². The van der Waals surface area contributed by atoms with E-state index in [1.54, 1.807) is 25.2 Å². The Labute approximate surface area is 188 Å². The molecule has 2 aliphatic rings. The number of rotatable bonds is 2. The largest absolute Gasteiger partial charge is 0.485 e. The highest BCUT2D eigenvalue weighted by atomic mass is 19.4. The van der Waals surface area contributed by atoms with E-state index < -0.39 is 23.4 Å². The van der Waals surface area contributed by atoms with E-state index in [0.717, 1.165) is 17.7 Å². The highest BCUT2D eigenvalue weighted by Gasteiger charge is 2.53. The van der Waals surface area contributed by atoms with Gasteiger partial charge in [0.05, 0.1) is 5.56 Å². The fourth-order valence-electron chi connectivity index (χ4n) is 4.42. The number of fused-ring (bicyclic) bond motifs is 2. The standard InChI is InChI=1S/C25H20F3N3O2/c1-31-22(32)24(30-23(31)29)14-21(16-5-3-2-4-6-16)33-20-12-9-17(13-19(20)24)15-7-10-18(11-8-15)25(26,27)28/h2-13,21H,14H2,1H3,(H2,29,30). The van der Waals surface area contributed by atoms with Crippen molar-refractivity contribution in [3.8, 4) is 16.9 Å². The van der Waals surface area contributed by atoms with Gasteiger partial charge in [0.15, 0.2) is 11.5 Å². The van der Waals surface area contributed by atoms with Gasteiger partial charge in [-0.15, -0.1) is 0 Å². The third-order valence-corrected chi connectivity index (χ3v) is 6.20. The molecule has 168 valence electrons. The van der Waals surface area contributed by atoms with Gasteiger partial charge in [-0.3, -0.25) is 9.69 Å². The predicted octanol–water partition coefficient (Wildman–Crippen LogP) is 4.88. The van der Waals surface area contributed by atoms with Gasteiger partial charge in [0.1, 0.15) is 11.9 Å². The first kappa shape index (κ1) is 21.1. The van der Waals surface area contributed by atoms with Crippen molar-refractivity contribution in [2.45, 2.75) is 24.2 Å². The van der Waals surface area contributed by atoms with Crippen LogP contribution in [0.1, 0.15) is 29.2 Å². The van der Waals surface area contributed by atoms with Crippen molar-refractivity contribution in [2.75, 3.05) is 7.05 Å². The normalized spacial score (nSPS) is 22.2. The molecule has 0 radical (unpaired) electrons. The molecule has 0 fully saturated rings. The third kappa shape index (κ3) is 3.42. The highest BCUT2D eigenvalue weighted by molar-refractivity contribution is 6.07. The maximum absolute atomic E-state index is 13.4. The number of amides is 1. The van der Waals surface area contributed by atoms with Crippen LogP contribution in [0, 0.1) is 0 Å². The summed E-state index contributed by atoms with van der Waals surface area (Å²) in [5.41, 5.74) is 6.73. The smallest absolute Gasteiger partial charge is 0.416 e. The molecule has 1 spiro atoms. The van der Waals surface area contributed by atoms with Gasteiger partial charge in [-0.25, -0.2) is 4.99 Å². The molecule has 33 heavy (non-hydrogen) atoms. The number of halogens is 3. The zero-order valence-electron chi connectivity index (χ0n) is 17.6. The molecule has 0 saturated heterocycles. The number of aliphatic imine (C=N–C) groups is 1. The number of benzene rings is 3. The summed E-state index contributed by atoms with van der Waals surface area (Å²) in [6, 6.07) is 19.7. The molecule has 2 N–H and O–H groups in total. The van der Waals surface area contributed by atoms with Crippen LogP contribution >= 0.6 is 0 Å². The van der Waals surface area contributed by atoms with Crippen molar-refractivity contribution in [3.05, 3.63) is 89.5 Å². The van der Waals surface area contributed by atoms with E-state index in [1.807, 2.05) is 30.3 Å². The molecule has 2 heterocycles. The van der Waals surface area contributed by atoms with Crippen LogP contribution in [-0.4, -0.2) is 23.8 Å².